The number of methoxy groups -OCH3 is 1. The van der Waals surface area contributed by atoms with Gasteiger partial charge in [0.25, 0.3) is 0 Å². The molecule has 2 amide bonds. The molecule has 1 aromatic carbocycles. The van der Waals surface area contributed by atoms with Crippen molar-refractivity contribution in [2.75, 3.05) is 12.4 Å². The summed E-state index contributed by atoms with van der Waals surface area (Å²) in [5.74, 6) is -1.05. The highest BCUT2D eigenvalue weighted by Crippen LogP contribution is 2.47. The first-order valence-electron chi connectivity index (χ1n) is 9.36. The number of hydrogen-bond acceptors (Lipinski definition) is 4. The molecule has 0 spiro atoms. The van der Waals surface area contributed by atoms with Crippen LogP contribution in [0.25, 0.3) is 0 Å². The van der Waals surface area contributed by atoms with Gasteiger partial charge >= 0.3 is 5.97 Å². The van der Waals surface area contributed by atoms with Crippen LogP contribution in [0, 0.1) is 5.41 Å². The Hall–Kier alpha value is -2.37. The van der Waals surface area contributed by atoms with Gasteiger partial charge in [0, 0.05) is 6.04 Å². The van der Waals surface area contributed by atoms with Crippen LogP contribution in [-0.2, 0) is 14.3 Å². The largest absolute Gasteiger partial charge is 0.465 e. The Balaban J connectivity index is 1.67. The van der Waals surface area contributed by atoms with Gasteiger partial charge in [-0.05, 0) is 37.8 Å². The fraction of sp³-hybridized carbons (Fsp3) is 0.550. The van der Waals surface area contributed by atoms with Gasteiger partial charge in [0.05, 0.1) is 18.4 Å². The summed E-state index contributed by atoms with van der Waals surface area (Å²) >= 11 is 0. The number of esters is 1. The molecule has 2 N–H and O–H groups in total. The van der Waals surface area contributed by atoms with Crippen molar-refractivity contribution in [1.29, 1.82) is 0 Å². The van der Waals surface area contributed by atoms with E-state index in [1.165, 1.54) is 20.0 Å². The summed E-state index contributed by atoms with van der Waals surface area (Å²) in [5.41, 5.74) is -0.351. The third-order valence-electron chi connectivity index (χ3n) is 5.39. The number of benzene rings is 1. The predicted molar refractivity (Wildman–Crippen MR) is 97.7 cm³/mol. The molecular formula is C20H26N2O4. The first-order chi connectivity index (χ1) is 12.6. The van der Waals surface area contributed by atoms with E-state index >= 15 is 0 Å². The van der Waals surface area contributed by atoms with Gasteiger partial charge in [-0.2, -0.15) is 0 Å². The van der Waals surface area contributed by atoms with Crippen LogP contribution < -0.4 is 10.6 Å². The van der Waals surface area contributed by atoms with E-state index in [9.17, 15) is 14.4 Å². The average molecular weight is 358 g/mol. The summed E-state index contributed by atoms with van der Waals surface area (Å²) in [6, 6.07) is 6.83. The maximum atomic E-state index is 12.8. The first kappa shape index (κ1) is 18.4. The van der Waals surface area contributed by atoms with Gasteiger partial charge in [-0.1, -0.05) is 37.8 Å². The van der Waals surface area contributed by atoms with Crippen LogP contribution in [-0.4, -0.2) is 30.9 Å². The number of amides is 2. The van der Waals surface area contributed by atoms with Gasteiger partial charge in [0.2, 0.25) is 11.8 Å². The van der Waals surface area contributed by atoms with Gasteiger partial charge in [0.1, 0.15) is 5.41 Å². The average Bonchev–Trinajstić information content (AvgIpc) is 3.47. The van der Waals surface area contributed by atoms with Crippen LogP contribution in [0.5, 0.6) is 0 Å². The molecule has 0 unspecified atom stereocenters. The van der Waals surface area contributed by atoms with Gasteiger partial charge < -0.3 is 15.4 Å². The molecule has 140 valence electrons. The molecular weight excluding hydrogens is 332 g/mol. The lowest BCUT2D eigenvalue weighted by Crippen LogP contribution is -2.44. The lowest BCUT2D eigenvalue weighted by molar-refractivity contribution is -0.134. The predicted octanol–water partition coefficient (Wildman–Crippen LogP) is 3.03. The Labute approximate surface area is 153 Å². The molecule has 2 saturated carbocycles. The normalized spacial score (nSPS) is 19.1. The van der Waals surface area contributed by atoms with Crippen molar-refractivity contribution in [2.45, 2.75) is 57.4 Å². The molecule has 3 rings (SSSR count). The number of nitrogens with one attached hydrogen (secondary N) is 2. The smallest absolute Gasteiger partial charge is 0.339 e. The molecule has 2 fully saturated rings. The van der Waals surface area contributed by atoms with E-state index in [-0.39, 0.29) is 23.4 Å². The maximum absolute atomic E-state index is 12.8. The van der Waals surface area contributed by atoms with Crippen LogP contribution in [0.15, 0.2) is 24.3 Å². The topological polar surface area (TPSA) is 84.5 Å². The molecule has 1 aromatic rings. The van der Waals surface area contributed by atoms with Crippen LogP contribution in [0.4, 0.5) is 5.69 Å². The molecule has 6 nitrogen and oxygen atoms in total. The van der Waals surface area contributed by atoms with E-state index in [1.807, 2.05) is 0 Å². The maximum Gasteiger partial charge on any atom is 0.339 e. The summed E-state index contributed by atoms with van der Waals surface area (Å²) in [6.45, 7) is 0. The summed E-state index contributed by atoms with van der Waals surface area (Å²) in [4.78, 5) is 37.4. The molecule has 0 saturated heterocycles. The standard InChI is InChI=1S/C20H26N2O4/c1-26-17(23)15-10-6-7-11-16(15)22-19(25)20(12-13-20)18(24)21-14-8-4-2-3-5-9-14/h6-7,10-11,14H,2-5,8-9,12-13H2,1H3,(H,21,24)(H,22,25). The molecule has 0 bridgehead atoms. The van der Waals surface area contributed by atoms with Crippen LogP contribution in [0.2, 0.25) is 0 Å². The quantitative estimate of drug-likeness (QED) is 0.481. The molecule has 0 atom stereocenters. The molecule has 0 aromatic heterocycles. The van der Waals surface area contributed by atoms with E-state index in [0.717, 1.165) is 25.7 Å². The van der Waals surface area contributed by atoms with Crippen LogP contribution in [0.1, 0.15) is 61.7 Å². The zero-order valence-electron chi connectivity index (χ0n) is 15.2. The Bertz CT molecular complexity index is 689. The fourth-order valence-corrected chi connectivity index (χ4v) is 3.55. The van der Waals surface area contributed by atoms with Gasteiger partial charge in [-0.3, -0.25) is 9.59 Å². The number of rotatable bonds is 5. The first-order valence-corrected chi connectivity index (χ1v) is 9.36. The van der Waals surface area contributed by atoms with Crippen molar-refractivity contribution in [3.8, 4) is 0 Å². The monoisotopic (exact) mass is 358 g/mol. The minimum atomic E-state index is -1.00. The summed E-state index contributed by atoms with van der Waals surface area (Å²) < 4.78 is 4.75. The molecule has 6 heteroatoms. The van der Waals surface area contributed by atoms with E-state index in [2.05, 4.69) is 10.6 Å². The number of para-hydroxylation sites is 1. The van der Waals surface area contributed by atoms with Crippen molar-refractivity contribution < 1.29 is 19.1 Å². The number of carbonyl (C=O) groups excluding carboxylic acids is 3. The Morgan fingerprint density at radius 1 is 1.00 bits per heavy atom. The zero-order valence-corrected chi connectivity index (χ0v) is 15.2. The number of carbonyl (C=O) groups is 3. The summed E-state index contributed by atoms with van der Waals surface area (Å²) in [6.07, 6.45) is 7.71. The second-order valence-electron chi connectivity index (χ2n) is 7.24. The van der Waals surface area contributed by atoms with E-state index < -0.39 is 11.4 Å². The highest BCUT2D eigenvalue weighted by atomic mass is 16.5. The van der Waals surface area contributed by atoms with Crippen molar-refractivity contribution in [2.24, 2.45) is 5.41 Å². The van der Waals surface area contributed by atoms with Gasteiger partial charge in [-0.25, -0.2) is 4.79 Å². The minimum Gasteiger partial charge on any atom is -0.465 e. The Kier molecular flexibility index (Phi) is 5.59. The molecule has 26 heavy (non-hydrogen) atoms. The van der Waals surface area contributed by atoms with Gasteiger partial charge in [0.15, 0.2) is 0 Å². The number of hydrogen-bond donors (Lipinski definition) is 2. The van der Waals surface area contributed by atoms with Gasteiger partial charge in [-0.15, -0.1) is 0 Å². The minimum absolute atomic E-state index is 0.164. The Morgan fingerprint density at radius 3 is 2.27 bits per heavy atom. The SMILES string of the molecule is COC(=O)c1ccccc1NC(=O)C1(C(=O)NC2CCCCCC2)CC1. The Morgan fingerprint density at radius 2 is 1.65 bits per heavy atom. The van der Waals surface area contributed by atoms with Crippen LogP contribution >= 0.6 is 0 Å². The second-order valence-corrected chi connectivity index (χ2v) is 7.24. The van der Waals surface area contributed by atoms with E-state index in [4.69, 9.17) is 4.74 Å². The van der Waals surface area contributed by atoms with Crippen molar-refractivity contribution in [3.05, 3.63) is 29.8 Å². The number of ether oxygens (including phenoxy) is 1. The molecule has 2 aliphatic carbocycles. The highest BCUT2D eigenvalue weighted by Gasteiger charge is 2.56. The molecule has 0 heterocycles. The molecule has 0 radical (unpaired) electrons. The lowest BCUT2D eigenvalue weighted by Gasteiger charge is -2.21. The summed E-state index contributed by atoms with van der Waals surface area (Å²) in [5, 5.41) is 5.84. The van der Waals surface area contributed by atoms with E-state index in [0.29, 0.717) is 18.5 Å². The molecule has 2 aliphatic rings. The second kappa shape index (κ2) is 7.89. The van der Waals surface area contributed by atoms with E-state index in [1.54, 1.807) is 24.3 Å². The van der Waals surface area contributed by atoms with Crippen molar-refractivity contribution in [1.82, 2.24) is 5.32 Å². The third kappa shape index (κ3) is 3.89. The fourth-order valence-electron chi connectivity index (χ4n) is 3.55. The zero-order chi connectivity index (χ0) is 18.6. The highest BCUT2D eigenvalue weighted by molar-refractivity contribution is 6.14. The lowest BCUT2D eigenvalue weighted by atomic mass is 10.0. The summed E-state index contributed by atoms with van der Waals surface area (Å²) in [7, 11) is 1.30. The number of anilines is 1. The van der Waals surface area contributed by atoms with Crippen molar-refractivity contribution >= 4 is 23.5 Å². The molecule has 0 aliphatic heterocycles. The third-order valence-corrected chi connectivity index (χ3v) is 5.39. The van der Waals surface area contributed by atoms with Crippen molar-refractivity contribution in [3.63, 3.8) is 0 Å². The van der Waals surface area contributed by atoms with Crippen LogP contribution in [0.3, 0.4) is 0 Å².